The highest BCUT2D eigenvalue weighted by atomic mass is 32.1. The molecule has 1 fully saturated rings. The molecular weight excluding hydrogens is 365 g/mol. The van der Waals surface area contributed by atoms with Crippen LogP contribution in [0.1, 0.15) is 46.6 Å². The molecule has 0 radical (unpaired) electrons. The molecule has 8 heteroatoms. The molecule has 2 rings (SSSR count). The molecule has 1 saturated heterocycles. The molecule has 0 unspecified atom stereocenters. The van der Waals surface area contributed by atoms with E-state index in [9.17, 15) is 18.0 Å². The number of piperidine rings is 1. The zero-order valence-corrected chi connectivity index (χ0v) is 16.2. The number of ether oxygens (including phenoxy) is 1. The van der Waals surface area contributed by atoms with Crippen LogP contribution in [0.3, 0.4) is 0 Å². The lowest BCUT2D eigenvalue weighted by Crippen LogP contribution is -2.61. The Kier molecular flexibility index (Phi) is 5.29. The van der Waals surface area contributed by atoms with Gasteiger partial charge in [-0.1, -0.05) is 12.2 Å². The molecule has 2 N–H and O–H groups in total. The summed E-state index contributed by atoms with van der Waals surface area (Å²) in [4.78, 5) is 11.7. The lowest BCUT2D eigenvalue weighted by atomic mass is 9.78. The summed E-state index contributed by atoms with van der Waals surface area (Å²) in [6.45, 7) is 7.72. The first kappa shape index (κ1) is 20.5. The molecular formula is C18H23F3N2O2S. The number of rotatable bonds is 2. The maximum atomic E-state index is 14.7. The van der Waals surface area contributed by atoms with Gasteiger partial charge in [-0.05, 0) is 52.8 Å². The fourth-order valence-corrected chi connectivity index (χ4v) is 3.03. The quantitative estimate of drug-likeness (QED) is 0.717. The zero-order valence-electron chi connectivity index (χ0n) is 15.4. The third-order valence-corrected chi connectivity index (χ3v) is 4.73. The van der Waals surface area contributed by atoms with Gasteiger partial charge in [-0.3, -0.25) is 5.32 Å². The number of carbonyl (C=O) groups excluding carboxylic acids is 1. The number of hydrogen-bond donors (Lipinski definition) is 2. The summed E-state index contributed by atoms with van der Waals surface area (Å²) < 4.78 is 48.6. The SMILES string of the molecule is CC(C)(C)OC(=O)Nc1ccc(F)c([C@@]2(C)NC(=S)[C@](C)(F)C[C@@H]2F)c1. The fraction of sp³-hybridized carbons (Fsp3) is 0.556. The van der Waals surface area contributed by atoms with E-state index in [1.165, 1.54) is 26.0 Å². The highest BCUT2D eigenvalue weighted by Gasteiger charge is 2.50. The van der Waals surface area contributed by atoms with E-state index in [1.807, 2.05) is 0 Å². The molecule has 1 aromatic rings. The van der Waals surface area contributed by atoms with Gasteiger partial charge in [0.15, 0.2) is 5.67 Å². The minimum absolute atomic E-state index is 0.0589. The third-order valence-electron chi connectivity index (χ3n) is 4.21. The van der Waals surface area contributed by atoms with Crippen molar-refractivity contribution in [3.8, 4) is 0 Å². The molecule has 26 heavy (non-hydrogen) atoms. The Morgan fingerprint density at radius 1 is 1.38 bits per heavy atom. The summed E-state index contributed by atoms with van der Waals surface area (Å²) in [6.07, 6.45) is -2.94. The molecule has 1 aliphatic rings. The van der Waals surface area contributed by atoms with Gasteiger partial charge in [-0.2, -0.15) is 0 Å². The van der Waals surface area contributed by atoms with Crippen molar-refractivity contribution in [2.45, 2.75) is 64.0 Å². The number of halogens is 3. The third kappa shape index (κ3) is 4.28. The van der Waals surface area contributed by atoms with Gasteiger partial charge in [0.1, 0.15) is 22.6 Å². The second-order valence-electron chi connectivity index (χ2n) is 7.85. The van der Waals surface area contributed by atoms with Crippen molar-refractivity contribution in [1.82, 2.24) is 5.32 Å². The maximum Gasteiger partial charge on any atom is 0.412 e. The molecule has 0 aliphatic carbocycles. The van der Waals surface area contributed by atoms with Crippen molar-refractivity contribution in [3.05, 3.63) is 29.6 Å². The van der Waals surface area contributed by atoms with Gasteiger partial charge in [0, 0.05) is 17.7 Å². The van der Waals surface area contributed by atoms with E-state index in [4.69, 9.17) is 17.0 Å². The first-order valence-corrected chi connectivity index (χ1v) is 8.61. The van der Waals surface area contributed by atoms with Gasteiger partial charge in [-0.25, -0.2) is 18.0 Å². The largest absolute Gasteiger partial charge is 0.444 e. The lowest BCUT2D eigenvalue weighted by molar-refractivity contribution is 0.0636. The van der Waals surface area contributed by atoms with Crippen molar-refractivity contribution in [1.29, 1.82) is 0 Å². The Morgan fingerprint density at radius 2 is 2.00 bits per heavy atom. The molecule has 0 saturated carbocycles. The number of hydrogen-bond acceptors (Lipinski definition) is 3. The lowest BCUT2D eigenvalue weighted by Gasteiger charge is -2.44. The Labute approximate surface area is 156 Å². The minimum atomic E-state index is -2.00. The van der Waals surface area contributed by atoms with Gasteiger partial charge in [0.2, 0.25) is 0 Å². The minimum Gasteiger partial charge on any atom is -0.444 e. The van der Waals surface area contributed by atoms with Crippen LogP contribution in [-0.4, -0.2) is 28.5 Å². The van der Waals surface area contributed by atoms with Crippen molar-refractivity contribution >= 4 is 29.0 Å². The van der Waals surface area contributed by atoms with Crippen molar-refractivity contribution in [3.63, 3.8) is 0 Å². The van der Waals surface area contributed by atoms with Crippen LogP contribution < -0.4 is 10.6 Å². The molecule has 3 atom stereocenters. The number of nitrogens with one attached hydrogen (secondary N) is 2. The van der Waals surface area contributed by atoms with Crippen molar-refractivity contribution in [2.75, 3.05) is 5.32 Å². The Balaban J connectivity index is 2.32. The number of benzene rings is 1. The predicted octanol–water partition coefficient (Wildman–Crippen LogP) is 4.77. The standard InChI is InChI=1S/C18H23F3N2O2S/c1-16(2,3)25-15(24)22-10-6-7-12(19)11(8-10)18(5)13(20)9-17(4,21)14(26)23-18/h6-8,13H,9H2,1-5H3,(H,22,24)(H,23,26)/t13-,17+,18+/m0/s1. The van der Waals surface area contributed by atoms with Gasteiger partial charge in [0.05, 0.1) is 5.54 Å². The van der Waals surface area contributed by atoms with Crippen LogP contribution in [0.25, 0.3) is 0 Å². The van der Waals surface area contributed by atoms with Crippen LogP contribution in [-0.2, 0) is 10.3 Å². The smallest absolute Gasteiger partial charge is 0.412 e. The first-order chi connectivity index (χ1) is 11.7. The maximum absolute atomic E-state index is 14.7. The molecule has 1 amide bonds. The van der Waals surface area contributed by atoms with Gasteiger partial charge < -0.3 is 10.1 Å². The molecule has 1 heterocycles. The average molecular weight is 388 g/mol. The molecule has 0 spiro atoms. The van der Waals surface area contributed by atoms with Crippen LogP contribution in [0.2, 0.25) is 0 Å². The van der Waals surface area contributed by atoms with Crippen molar-refractivity contribution in [2.24, 2.45) is 0 Å². The van der Waals surface area contributed by atoms with E-state index in [1.54, 1.807) is 20.8 Å². The summed E-state index contributed by atoms with van der Waals surface area (Å²) >= 11 is 4.98. The average Bonchev–Trinajstić information content (AvgIpc) is 2.45. The van der Waals surface area contributed by atoms with Crippen LogP contribution in [0.4, 0.5) is 23.7 Å². The number of amides is 1. The number of anilines is 1. The normalized spacial score (nSPS) is 29.1. The summed E-state index contributed by atoms with van der Waals surface area (Å²) in [7, 11) is 0. The number of carbonyl (C=O) groups is 1. The van der Waals surface area contributed by atoms with Crippen LogP contribution in [0, 0.1) is 5.82 Å². The first-order valence-electron chi connectivity index (χ1n) is 8.20. The van der Waals surface area contributed by atoms with Crippen LogP contribution in [0.15, 0.2) is 18.2 Å². The Morgan fingerprint density at radius 3 is 2.58 bits per heavy atom. The molecule has 144 valence electrons. The highest BCUT2D eigenvalue weighted by molar-refractivity contribution is 7.80. The fourth-order valence-electron chi connectivity index (χ4n) is 2.74. The van der Waals surface area contributed by atoms with E-state index < -0.39 is 41.3 Å². The van der Waals surface area contributed by atoms with E-state index in [0.29, 0.717) is 0 Å². The number of alkyl halides is 2. The van der Waals surface area contributed by atoms with Crippen LogP contribution >= 0.6 is 12.2 Å². The van der Waals surface area contributed by atoms with Crippen LogP contribution in [0.5, 0.6) is 0 Å². The molecule has 0 aromatic heterocycles. The summed E-state index contributed by atoms with van der Waals surface area (Å²) in [5.41, 5.74) is -4.09. The van der Waals surface area contributed by atoms with Gasteiger partial charge >= 0.3 is 6.09 Å². The summed E-state index contributed by atoms with van der Waals surface area (Å²) in [5.74, 6) is -0.692. The Bertz CT molecular complexity index is 734. The molecule has 0 bridgehead atoms. The second-order valence-corrected chi connectivity index (χ2v) is 8.26. The second kappa shape index (κ2) is 6.72. The molecule has 1 aromatic carbocycles. The zero-order chi connectivity index (χ0) is 19.9. The topological polar surface area (TPSA) is 50.4 Å². The van der Waals surface area contributed by atoms with E-state index in [0.717, 1.165) is 6.07 Å². The van der Waals surface area contributed by atoms with Gasteiger partial charge in [-0.15, -0.1) is 0 Å². The van der Waals surface area contributed by atoms with E-state index in [-0.39, 0.29) is 16.2 Å². The predicted molar refractivity (Wildman–Crippen MR) is 98.4 cm³/mol. The summed E-state index contributed by atoms with van der Waals surface area (Å²) in [6, 6.07) is 3.73. The van der Waals surface area contributed by atoms with E-state index in [2.05, 4.69) is 10.6 Å². The summed E-state index contributed by atoms with van der Waals surface area (Å²) in [5, 5.41) is 5.09. The molecule has 1 aliphatic heterocycles. The monoisotopic (exact) mass is 388 g/mol. The van der Waals surface area contributed by atoms with E-state index >= 15 is 0 Å². The number of thiocarbonyl (C=S) groups is 1. The highest BCUT2D eigenvalue weighted by Crippen LogP contribution is 2.40. The van der Waals surface area contributed by atoms with Crippen molar-refractivity contribution < 1.29 is 22.7 Å². The van der Waals surface area contributed by atoms with Gasteiger partial charge in [0.25, 0.3) is 0 Å². The Hall–Kier alpha value is -1.83. The molecule has 4 nitrogen and oxygen atoms in total.